The molecular weight excluding hydrogens is 250 g/mol. The van der Waals surface area contributed by atoms with Gasteiger partial charge in [-0.1, -0.05) is 0 Å². The number of hydrogen-bond acceptors (Lipinski definition) is 4. The van der Waals surface area contributed by atoms with Gasteiger partial charge in [-0.25, -0.2) is 0 Å². The van der Waals surface area contributed by atoms with E-state index in [1.165, 1.54) is 5.69 Å². The third-order valence-electron chi connectivity index (χ3n) is 3.30. The molecule has 0 unspecified atom stereocenters. The van der Waals surface area contributed by atoms with E-state index in [0.717, 1.165) is 38.0 Å². The number of piperazine rings is 1. The van der Waals surface area contributed by atoms with Crippen LogP contribution in [0.1, 0.15) is 5.56 Å². The summed E-state index contributed by atoms with van der Waals surface area (Å²) < 4.78 is 0. The monoisotopic (exact) mass is 269 g/mol. The highest BCUT2D eigenvalue weighted by atomic mass is 35.5. The average Bonchev–Trinajstić information content (AvgIpc) is 2.33. The lowest BCUT2D eigenvalue weighted by Crippen LogP contribution is -2.44. The van der Waals surface area contributed by atoms with Gasteiger partial charge < -0.3 is 20.3 Å². The van der Waals surface area contributed by atoms with Crippen LogP contribution in [0, 0.1) is 0 Å². The molecule has 1 aliphatic rings. The van der Waals surface area contributed by atoms with Gasteiger partial charge in [0, 0.05) is 44.0 Å². The molecule has 2 N–H and O–H groups in total. The van der Waals surface area contributed by atoms with Crippen LogP contribution in [0.5, 0.6) is 0 Å². The van der Waals surface area contributed by atoms with E-state index >= 15 is 0 Å². The fraction of sp³-hybridized carbons (Fsp3) is 0.462. The second kappa shape index (κ2) is 6.61. The Labute approximate surface area is 114 Å². The van der Waals surface area contributed by atoms with Crippen LogP contribution in [0.25, 0.3) is 0 Å². The first-order chi connectivity index (χ1) is 8.20. The van der Waals surface area contributed by atoms with Crippen molar-refractivity contribution in [1.82, 2.24) is 4.90 Å². The molecule has 0 amide bonds. The fourth-order valence-electron chi connectivity index (χ4n) is 2.12. The lowest BCUT2D eigenvalue weighted by atomic mass is 10.1. The lowest BCUT2D eigenvalue weighted by Gasteiger charge is -2.34. The topological polar surface area (TPSA) is 49.6 Å². The highest BCUT2D eigenvalue weighted by Crippen LogP contribution is 2.22. The Bertz CT molecular complexity index is 403. The second-order valence-corrected chi connectivity index (χ2v) is 4.54. The van der Waals surface area contributed by atoms with Crippen LogP contribution in [0.15, 0.2) is 18.2 Å². The SMILES string of the molecule is CN1CCN(c2ccc(N)c(CC=O)c2)CC1.Cl. The van der Waals surface area contributed by atoms with Gasteiger partial charge in [0.25, 0.3) is 0 Å². The molecule has 0 spiro atoms. The maximum absolute atomic E-state index is 10.6. The Morgan fingerprint density at radius 2 is 1.94 bits per heavy atom. The fourth-order valence-corrected chi connectivity index (χ4v) is 2.12. The molecule has 5 heteroatoms. The van der Waals surface area contributed by atoms with E-state index in [1.807, 2.05) is 18.2 Å². The summed E-state index contributed by atoms with van der Waals surface area (Å²) in [6, 6.07) is 5.97. The van der Waals surface area contributed by atoms with Crippen molar-refractivity contribution in [3.05, 3.63) is 23.8 Å². The number of rotatable bonds is 3. The van der Waals surface area contributed by atoms with E-state index in [-0.39, 0.29) is 12.4 Å². The van der Waals surface area contributed by atoms with Gasteiger partial charge in [-0.3, -0.25) is 0 Å². The van der Waals surface area contributed by atoms with Crippen LogP contribution in [-0.4, -0.2) is 44.4 Å². The zero-order valence-corrected chi connectivity index (χ0v) is 11.4. The molecule has 4 nitrogen and oxygen atoms in total. The first-order valence-electron chi connectivity index (χ1n) is 5.96. The summed E-state index contributed by atoms with van der Waals surface area (Å²) in [5, 5.41) is 0. The first kappa shape index (κ1) is 14.8. The molecule has 1 aromatic rings. The number of anilines is 2. The molecule has 1 saturated heterocycles. The van der Waals surface area contributed by atoms with Gasteiger partial charge in [-0.2, -0.15) is 0 Å². The number of nitrogens with two attached hydrogens (primary N) is 1. The molecule has 1 heterocycles. The van der Waals surface area contributed by atoms with Crippen molar-refractivity contribution in [2.45, 2.75) is 6.42 Å². The number of carbonyl (C=O) groups excluding carboxylic acids is 1. The first-order valence-corrected chi connectivity index (χ1v) is 5.96. The van der Waals surface area contributed by atoms with Crippen LogP contribution in [0.2, 0.25) is 0 Å². The summed E-state index contributed by atoms with van der Waals surface area (Å²) in [7, 11) is 2.14. The average molecular weight is 270 g/mol. The molecule has 0 radical (unpaired) electrons. The zero-order valence-electron chi connectivity index (χ0n) is 10.6. The van der Waals surface area contributed by atoms with Gasteiger partial charge in [0.05, 0.1) is 0 Å². The molecule has 0 bridgehead atoms. The zero-order chi connectivity index (χ0) is 12.3. The summed E-state index contributed by atoms with van der Waals surface area (Å²) in [5.74, 6) is 0. The number of aldehydes is 1. The van der Waals surface area contributed by atoms with Crippen LogP contribution in [-0.2, 0) is 11.2 Å². The molecule has 0 aliphatic carbocycles. The Kier molecular flexibility index (Phi) is 5.44. The summed E-state index contributed by atoms with van der Waals surface area (Å²) in [6.45, 7) is 4.21. The smallest absolute Gasteiger partial charge is 0.124 e. The molecule has 0 saturated carbocycles. The van der Waals surface area contributed by atoms with Crippen molar-refractivity contribution >= 4 is 30.1 Å². The quantitative estimate of drug-likeness (QED) is 0.661. The third kappa shape index (κ3) is 3.37. The van der Waals surface area contributed by atoms with Gasteiger partial charge in [0.2, 0.25) is 0 Å². The Hall–Kier alpha value is -1.26. The number of likely N-dealkylation sites (N-methyl/N-ethyl adjacent to an activating group) is 1. The Morgan fingerprint density at radius 1 is 1.28 bits per heavy atom. The third-order valence-corrected chi connectivity index (χ3v) is 3.30. The molecule has 18 heavy (non-hydrogen) atoms. The number of nitrogens with zero attached hydrogens (tertiary/aromatic N) is 2. The van der Waals surface area contributed by atoms with Gasteiger partial charge in [-0.15, -0.1) is 12.4 Å². The number of nitrogen functional groups attached to an aromatic ring is 1. The molecule has 0 aromatic heterocycles. The van der Waals surface area contributed by atoms with Gasteiger partial charge >= 0.3 is 0 Å². The van der Waals surface area contributed by atoms with Crippen molar-refractivity contribution in [2.75, 3.05) is 43.9 Å². The predicted octanol–water partition coefficient (Wildman–Crippen LogP) is 1.18. The van der Waals surface area contributed by atoms with E-state index < -0.39 is 0 Å². The van der Waals surface area contributed by atoms with Gasteiger partial charge in [0.1, 0.15) is 6.29 Å². The molecule has 2 rings (SSSR count). The van der Waals surface area contributed by atoms with Gasteiger partial charge in [-0.05, 0) is 30.8 Å². The summed E-state index contributed by atoms with van der Waals surface area (Å²) >= 11 is 0. The molecule has 0 atom stereocenters. The molecule has 100 valence electrons. The second-order valence-electron chi connectivity index (χ2n) is 4.54. The summed E-state index contributed by atoms with van der Waals surface area (Å²) in [6.07, 6.45) is 1.30. The van der Waals surface area contributed by atoms with Crippen LogP contribution >= 0.6 is 12.4 Å². The number of hydrogen-bond donors (Lipinski definition) is 1. The minimum Gasteiger partial charge on any atom is -0.398 e. The van der Waals surface area contributed by atoms with E-state index in [2.05, 4.69) is 16.8 Å². The normalized spacial score (nSPS) is 16.2. The van der Waals surface area contributed by atoms with Crippen molar-refractivity contribution in [2.24, 2.45) is 0 Å². The van der Waals surface area contributed by atoms with E-state index in [4.69, 9.17) is 5.73 Å². The minimum absolute atomic E-state index is 0. The number of halogens is 1. The molecule has 1 aromatic carbocycles. The molecular formula is C13H20ClN3O. The molecule has 1 aliphatic heterocycles. The van der Waals surface area contributed by atoms with Crippen molar-refractivity contribution in [1.29, 1.82) is 0 Å². The molecule has 1 fully saturated rings. The number of carbonyl (C=O) groups is 1. The van der Waals surface area contributed by atoms with Crippen molar-refractivity contribution < 1.29 is 4.79 Å². The standard InChI is InChI=1S/C13H19N3O.ClH/c1-15-5-7-16(8-6-15)12-2-3-13(14)11(10-12)4-9-17;/h2-3,9-10H,4-8,14H2,1H3;1H. The Morgan fingerprint density at radius 3 is 2.56 bits per heavy atom. The maximum atomic E-state index is 10.6. The van der Waals surface area contributed by atoms with Crippen molar-refractivity contribution in [3.63, 3.8) is 0 Å². The van der Waals surface area contributed by atoms with E-state index in [1.54, 1.807) is 0 Å². The van der Waals surface area contributed by atoms with Crippen LogP contribution in [0.3, 0.4) is 0 Å². The lowest BCUT2D eigenvalue weighted by molar-refractivity contribution is -0.107. The Balaban J connectivity index is 0.00000162. The van der Waals surface area contributed by atoms with Gasteiger partial charge in [0.15, 0.2) is 0 Å². The maximum Gasteiger partial charge on any atom is 0.124 e. The summed E-state index contributed by atoms with van der Waals surface area (Å²) in [4.78, 5) is 15.2. The van der Waals surface area contributed by atoms with Crippen LogP contribution in [0.4, 0.5) is 11.4 Å². The van der Waals surface area contributed by atoms with Crippen LogP contribution < -0.4 is 10.6 Å². The predicted molar refractivity (Wildman–Crippen MR) is 77.6 cm³/mol. The van der Waals surface area contributed by atoms with E-state index in [9.17, 15) is 4.79 Å². The van der Waals surface area contributed by atoms with E-state index in [0.29, 0.717) is 12.1 Å². The summed E-state index contributed by atoms with van der Waals surface area (Å²) in [5.41, 5.74) is 8.64. The largest absolute Gasteiger partial charge is 0.398 e. The highest BCUT2D eigenvalue weighted by Gasteiger charge is 2.14. The number of benzene rings is 1. The highest BCUT2D eigenvalue weighted by molar-refractivity contribution is 5.85. The minimum atomic E-state index is 0. The van der Waals surface area contributed by atoms with Crippen molar-refractivity contribution in [3.8, 4) is 0 Å².